The number of ether oxygens (including phenoxy) is 1. The van der Waals surface area contributed by atoms with Gasteiger partial charge in [-0.2, -0.15) is 8.42 Å². The van der Waals surface area contributed by atoms with Crippen LogP contribution in [0.15, 0.2) is 41.3 Å². The Kier molecular flexibility index (Phi) is 6.28. The van der Waals surface area contributed by atoms with E-state index in [1.807, 2.05) is 0 Å². The zero-order valence-corrected chi connectivity index (χ0v) is 12.1. The SMILES string of the molecule is C=C(C)COc1ccccc1S(=O)(=O)O.[H-].[Na+]. The molecule has 6 heteroatoms. The van der Waals surface area contributed by atoms with Crippen LogP contribution in [0.25, 0.3) is 0 Å². The second-order valence-electron chi connectivity index (χ2n) is 3.17. The first kappa shape index (κ1) is 15.7. The number of para-hydroxylation sites is 1. The predicted octanol–water partition coefficient (Wildman–Crippen LogP) is -0.995. The average molecular weight is 252 g/mol. The minimum absolute atomic E-state index is 0. The van der Waals surface area contributed by atoms with Gasteiger partial charge in [0.15, 0.2) is 0 Å². The molecule has 84 valence electrons. The first-order valence-corrected chi connectivity index (χ1v) is 5.69. The quantitative estimate of drug-likeness (QED) is 0.424. The van der Waals surface area contributed by atoms with E-state index in [-0.39, 0.29) is 48.2 Å². The monoisotopic (exact) mass is 252 g/mol. The fourth-order valence-electron chi connectivity index (χ4n) is 0.983. The summed E-state index contributed by atoms with van der Waals surface area (Å²) in [6.45, 7) is 5.60. The maximum atomic E-state index is 11.0. The van der Waals surface area contributed by atoms with Crippen molar-refractivity contribution in [3.05, 3.63) is 36.4 Å². The van der Waals surface area contributed by atoms with E-state index in [4.69, 9.17) is 9.29 Å². The van der Waals surface area contributed by atoms with Gasteiger partial charge in [-0.25, -0.2) is 0 Å². The second-order valence-corrected chi connectivity index (χ2v) is 4.56. The molecular formula is C10H13NaO4S. The summed E-state index contributed by atoms with van der Waals surface area (Å²) in [7, 11) is -4.24. The first-order chi connectivity index (χ1) is 6.91. The van der Waals surface area contributed by atoms with E-state index < -0.39 is 10.1 Å². The molecule has 0 amide bonds. The van der Waals surface area contributed by atoms with E-state index in [0.29, 0.717) is 0 Å². The van der Waals surface area contributed by atoms with Gasteiger partial charge in [0.25, 0.3) is 10.1 Å². The Morgan fingerprint density at radius 2 is 2.06 bits per heavy atom. The minimum atomic E-state index is -4.24. The fourth-order valence-corrected chi connectivity index (χ4v) is 1.62. The molecule has 0 atom stereocenters. The maximum absolute atomic E-state index is 11.0. The van der Waals surface area contributed by atoms with E-state index >= 15 is 0 Å². The van der Waals surface area contributed by atoms with E-state index in [2.05, 4.69) is 6.58 Å². The molecule has 0 saturated heterocycles. The fraction of sp³-hybridized carbons (Fsp3) is 0.200. The van der Waals surface area contributed by atoms with E-state index in [1.165, 1.54) is 18.2 Å². The van der Waals surface area contributed by atoms with Crippen LogP contribution in [0.4, 0.5) is 0 Å². The molecule has 0 bridgehead atoms. The van der Waals surface area contributed by atoms with Crippen LogP contribution in [-0.2, 0) is 10.1 Å². The number of hydrogen-bond donors (Lipinski definition) is 1. The van der Waals surface area contributed by atoms with Crippen LogP contribution in [0, 0.1) is 0 Å². The molecular weight excluding hydrogens is 239 g/mol. The van der Waals surface area contributed by atoms with Crippen molar-refractivity contribution < 1.29 is 48.7 Å². The van der Waals surface area contributed by atoms with E-state index in [1.54, 1.807) is 13.0 Å². The van der Waals surface area contributed by atoms with Gasteiger partial charge in [0, 0.05) is 0 Å². The van der Waals surface area contributed by atoms with Crippen LogP contribution in [0.5, 0.6) is 5.75 Å². The van der Waals surface area contributed by atoms with Crippen molar-refractivity contribution in [1.82, 2.24) is 0 Å². The number of rotatable bonds is 4. The molecule has 0 aromatic heterocycles. The Morgan fingerprint density at radius 1 is 1.50 bits per heavy atom. The Morgan fingerprint density at radius 3 is 2.56 bits per heavy atom. The van der Waals surface area contributed by atoms with Gasteiger partial charge >= 0.3 is 29.6 Å². The van der Waals surface area contributed by atoms with Crippen LogP contribution < -0.4 is 34.3 Å². The van der Waals surface area contributed by atoms with E-state index in [9.17, 15) is 8.42 Å². The van der Waals surface area contributed by atoms with Gasteiger partial charge in [0.05, 0.1) is 0 Å². The minimum Gasteiger partial charge on any atom is -1.00 e. The molecule has 1 aromatic rings. The van der Waals surface area contributed by atoms with E-state index in [0.717, 1.165) is 5.57 Å². The summed E-state index contributed by atoms with van der Waals surface area (Å²) in [5.41, 5.74) is 0.764. The Hall–Kier alpha value is -0.330. The molecule has 0 heterocycles. The van der Waals surface area contributed by atoms with Gasteiger partial charge in [-0.15, -0.1) is 0 Å². The standard InChI is InChI=1S/C10H12O4S.Na.H/c1-8(2)7-14-9-5-3-4-6-10(9)15(11,12)13;;/h3-6H,1,7H2,2H3,(H,11,12,13);;/q;+1;-1. The van der Waals surface area contributed by atoms with Crippen molar-refractivity contribution in [1.29, 1.82) is 0 Å². The third-order valence-electron chi connectivity index (χ3n) is 1.60. The zero-order chi connectivity index (χ0) is 11.5. The first-order valence-electron chi connectivity index (χ1n) is 4.25. The molecule has 0 radical (unpaired) electrons. The molecule has 0 unspecified atom stereocenters. The summed E-state index contributed by atoms with van der Waals surface area (Å²) in [5.74, 6) is 0.128. The van der Waals surface area contributed by atoms with Crippen molar-refractivity contribution in [3.63, 3.8) is 0 Å². The Balaban J connectivity index is 0. The van der Waals surface area contributed by atoms with Crippen LogP contribution in [0.1, 0.15) is 8.35 Å². The topological polar surface area (TPSA) is 63.6 Å². The molecule has 0 aliphatic heterocycles. The summed E-state index contributed by atoms with van der Waals surface area (Å²) in [6, 6.07) is 5.90. The van der Waals surface area contributed by atoms with Gasteiger partial charge in [-0.05, 0) is 24.6 Å². The third kappa shape index (κ3) is 4.67. The summed E-state index contributed by atoms with van der Waals surface area (Å²) < 4.78 is 36.0. The average Bonchev–Trinajstić information content (AvgIpc) is 2.13. The summed E-state index contributed by atoms with van der Waals surface area (Å²) in [4.78, 5) is -0.230. The van der Waals surface area contributed by atoms with Gasteiger partial charge in [0.2, 0.25) is 0 Å². The Bertz CT molecular complexity index is 473. The molecule has 0 aliphatic carbocycles. The van der Waals surface area contributed by atoms with Gasteiger partial charge in [-0.3, -0.25) is 4.55 Å². The molecule has 1 aromatic carbocycles. The molecule has 1 rings (SSSR count). The van der Waals surface area contributed by atoms with Crippen molar-refractivity contribution in [2.75, 3.05) is 6.61 Å². The Labute approximate surface area is 119 Å². The normalized spacial score (nSPS) is 10.4. The van der Waals surface area contributed by atoms with Crippen LogP contribution in [0.2, 0.25) is 0 Å². The third-order valence-corrected chi connectivity index (χ3v) is 2.49. The van der Waals surface area contributed by atoms with Crippen molar-refractivity contribution in [2.45, 2.75) is 11.8 Å². The molecule has 0 fully saturated rings. The smallest absolute Gasteiger partial charge is 1.00 e. The van der Waals surface area contributed by atoms with Crippen molar-refractivity contribution >= 4 is 10.1 Å². The van der Waals surface area contributed by atoms with Gasteiger partial charge in [0.1, 0.15) is 17.3 Å². The number of hydrogen-bond acceptors (Lipinski definition) is 3. The molecule has 0 spiro atoms. The molecule has 0 aliphatic rings. The summed E-state index contributed by atoms with van der Waals surface area (Å²) >= 11 is 0. The summed E-state index contributed by atoms with van der Waals surface area (Å²) in [5, 5.41) is 0. The van der Waals surface area contributed by atoms with Crippen LogP contribution in [0.3, 0.4) is 0 Å². The number of benzene rings is 1. The van der Waals surface area contributed by atoms with Crippen LogP contribution >= 0.6 is 0 Å². The molecule has 16 heavy (non-hydrogen) atoms. The maximum Gasteiger partial charge on any atom is 1.00 e. The largest absolute Gasteiger partial charge is 1.00 e. The van der Waals surface area contributed by atoms with Gasteiger partial charge in [-0.1, -0.05) is 18.7 Å². The summed E-state index contributed by atoms with van der Waals surface area (Å²) in [6.07, 6.45) is 0. The predicted molar refractivity (Wildman–Crippen MR) is 57.7 cm³/mol. The zero-order valence-electron chi connectivity index (χ0n) is 10.3. The molecule has 1 N–H and O–H groups in total. The molecule has 0 saturated carbocycles. The molecule has 4 nitrogen and oxygen atoms in total. The second kappa shape index (κ2) is 6.42. The van der Waals surface area contributed by atoms with Crippen molar-refractivity contribution in [2.24, 2.45) is 0 Å². The van der Waals surface area contributed by atoms with Gasteiger partial charge < -0.3 is 6.16 Å². The van der Waals surface area contributed by atoms with Crippen LogP contribution in [-0.4, -0.2) is 19.6 Å². The van der Waals surface area contributed by atoms with Crippen molar-refractivity contribution in [3.8, 4) is 5.75 Å².